The number of carbonyl (C=O) groups excluding carboxylic acids is 1. The second-order valence-corrected chi connectivity index (χ2v) is 5.19. The molecule has 0 spiro atoms. The maximum absolute atomic E-state index is 13.1. The van der Waals surface area contributed by atoms with E-state index in [0.717, 1.165) is 12.8 Å². The zero-order valence-corrected chi connectivity index (χ0v) is 12.1. The van der Waals surface area contributed by atoms with Crippen LogP contribution in [-0.2, 0) is 0 Å². The number of benzene rings is 1. The number of rotatable bonds is 7. The molecular formula is C16H24FNO. The average molecular weight is 265 g/mol. The molecule has 19 heavy (non-hydrogen) atoms. The maximum Gasteiger partial charge on any atom is 0.251 e. The maximum atomic E-state index is 13.1. The normalized spacial score (nSPS) is 12.2. The standard InChI is InChI=1S/C16H24FNO/c1-4-5-6-7-8-13(3)18-16(19)14-9-10-15(17)12(2)11-14/h9-11,13H,4-8H2,1-3H3,(H,18,19). The third-order valence-corrected chi connectivity index (χ3v) is 3.29. The van der Waals surface area contributed by atoms with Gasteiger partial charge in [-0.2, -0.15) is 0 Å². The Labute approximate surface area is 115 Å². The molecule has 0 fully saturated rings. The van der Waals surface area contributed by atoms with Crippen LogP contribution in [0, 0.1) is 12.7 Å². The van der Waals surface area contributed by atoms with Gasteiger partial charge in [0.05, 0.1) is 0 Å². The molecule has 2 nitrogen and oxygen atoms in total. The Morgan fingerprint density at radius 3 is 2.68 bits per heavy atom. The summed E-state index contributed by atoms with van der Waals surface area (Å²) in [5.41, 5.74) is 1.03. The fourth-order valence-electron chi connectivity index (χ4n) is 2.04. The van der Waals surface area contributed by atoms with Gasteiger partial charge in [-0.3, -0.25) is 4.79 Å². The number of hydrogen-bond acceptors (Lipinski definition) is 1. The molecule has 0 aliphatic heterocycles. The number of amides is 1. The molecule has 1 aromatic carbocycles. The van der Waals surface area contributed by atoms with Crippen LogP contribution in [0.3, 0.4) is 0 Å². The van der Waals surface area contributed by atoms with Crippen molar-refractivity contribution in [2.24, 2.45) is 0 Å². The fourth-order valence-corrected chi connectivity index (χ4v) is 2.04. The summed E-state index contributed by atoms with van der Waals surface area (Å²) >= 11 is 0. The van der Waals surface area contributed by atoms with Gasteiger partial charge in [0.25, 0.3) is 5.91 Å². The highest BCUT2D eigenvalue weighted by atomic mass is 19.1. The minimum absolute atomic E-state index is 0.119. The Hall–Kier alpha value is -1.38. The minimum atomic E-state index is -0.274. The molecular weight excluding hydrogens is 241 g/mol. The lowest BCUT2D eigenvalue weighted by atomic mass is 10.1. The van der Waals surface area contributed by atoms with Crippen LogP contribution in [0.5, 0.6) is 0 Å². The average Bonchev–Trinajstić information content (AvgIpc) is 2.38. The monoisotopic (exact) mass is 265 g/mol. The SMILES string of the molecule is CCCCCCC(C)NC(=O)c1ccc(F)c(C)c1. The first-order chi connectivity index (χ1) is 9.04. The van der Waals surface area contributed by atoms with Crippen molar-refractivity contribution in [3.63, 3.8) is 0 Å². The van der Waals surface area contributed by atoms with Gasteiger partial charge in [-0.05, 0) is 44.0 Å². The van der Waals surface area contributed by atoms with Crippen molar-refractivity contribution >= 4 is 5.91 Å². The smallest absolute Gasteiger partial charge is 0.251 e. The highest BCUT2D eigenvalue weighted by Crippen LogP contribution is 2.10. The Morgan fingerprint density at radius 2 is 2.05 bits per heavy atom. The fraction of sp³-hybridized carbons (Fsp3) is 0.562. The topological polar surface area (TPSA) is 29.1 Å². The van der Waals surface area contributed by atoms with E-state index in [-0.39, 0.29) is 17.8 Å². The van der Waals surface area contributed by atoms with E-state index in [1.165, 1.54) is 31.4 Å². The molecule has 1 unspecified atom stereocenters. The van der Waals surface area contributed by atoms with Crippen LogP contribution >= 0.6 is 0 Å². The van der Waals surface area contributed by atoms with Crippen LogP contribution in [0.15, 0.2) is 18.2 Å². The summed E-state index contributed by atoms with van der Waals surface area (Å²) in [5, 5.41) is 2.96. The van der Waals surface area contributed by atoms with Crippen LogP contribution in [0.25, 0.3) is 0 Å². The first kappa shape index (κ1) is 15.7. The van der Waals surface area contributed by atoms with Gasteiger partial charge in [-0.15, -0.1) is 0 Å². The summed E-state index contributed by atoms with van der Waals surface area (Å²) in [5.74, 6) is -0.393. The Kier molecular flexibility index (Phi) is 6.54. The van der Waals surface area contributed by atoms with Gasteiger partial charge in [-0.1, -0.05) is 32.6 Å². The van der Waals surface area contributed by atoms with E-state index < -0.39 is 0 Å². The predicted molar refractivity (Wildman–Crippen MR) is 76.8 cm³/mol. The summed E-state index contributed by atoms with van der Waals surface area (Å²) in [6.45, 7) is 5.86. The lowest BCUT2D eigenvalue weighted by Crippen LogP contribution is -2.32. The third kappa shape index (κ3) is 5.41. The van der Waals surface area contributed by atoms with Crippen molar-refractivity contribution in [3.05, 3.63) is 35.1 Å². The van der Waals surface area contributed by atoms with Crippen molar-refractivity contribution in [3.8, 4) is 0 Å². The van der Waals surface area contributed by atoms with E-state index in [2.05, 4.69) is 12.2 Å². The molecule has 0 aliphatic carbocycles. The number of unbranched alkanes of at least 4 members (excludes halogenated alkanes) is 3. The second-order valence-electron chi connectivity index (χ2n) is 5.19. The Bertz CT molecular complexity index is 417. The van der Waals surface area contributed by atoms with Gasteiger partial charge in [0.15, 0.2) is 0 Å². The molecule has 1 rings (SSSR count). The molecule has 0 saturated carbocycles. The number of carbonyl (C=O) groups is 1. The molecule has 0 saturated heterocycles. The second kappa shape index (κ2) is 7.93. The number of nitrogens with one attached hydrogen (secondary N) is 1. The largest absolute Gasteiger partial charge is 0.350 e. The number of halogens is 1. The molecule has 1 N–H and O–H groups in total. The quantitative estimate of drug-likeness (QED) is 0.735. The molecule has 1 atom stereocenters. The molecule has 0 aromatic heterocycles. The molecule has 1 aromatic rings. The molecule has 0 radical (unpaired) electrons. The molecule has 0 bridgehead atoms. The van der Waals surface area contributed by atoms with Gasteiger partial charge < -0.3 is 5.32 Å². The van der Waals surface area contributed by atoms with Crippen LogP contribution < -0.4 is 5.32 Å². The highest BCUT2D eigenvalue weighted by molar-refractivity contribution is 5.94. The molecule has 0 aliphatic rings. The van der Waals surface area contributed by atoms with Gasteiger partial charge >= 0.3 is 0 Å². The van der Waals surface area contributed by atoms with E-state index in [0.29, 0.717) is 11.1 Å². The lowest BCUT2D eigenvalue weighted by Gasteiger charge is -2.14. The minimum Gasteiger partial charge on any atom is -0.350 e. The predicted octanol–water partition coefficient (Wildman–Crippen LogP) is 4.22. The molecule has 0 heterocycles. The summed E-state index contributed by atoms with van der Waals surface area (Å²) in [7, 11) is 0. The molecule has 3 heteroatoms. The van der Waals surface area contributed by atoms with Crippen molar-refractivity contribution in [2.45, 2.75) is 58.9 Å². The summed E-state index contributed by atoms with van der Waals surface area (Å²) in [6.07, 6.45) is 5.81. The third-order valence-electron chi connectivity index (χ3n) is 3.29. The van der Waals surface area contributed by atoms with E-state index >= 15 is 0 Å². The van der Waals surface area contributed by atoms with Gasteiger partial charge in [0.1, 0.15) is 5.82 Å². The number of aryl methyl sites for hydroxylation is 1. The first-order valence-electron chi connectivity index (χ1n) is 7.11. The van der Waals surface area contributed by atoms with E-state index in [1.54, 1.807) is 13.0 Å². The van der Waals surface area contributed by atoms with Crippen molar-refractivity contribution < 1.29 is 9.18 Å². The zero-order valence-electron chi connectivity index (χ0n) is 12.1. The summed E-state index contributed by atoms with van der Waals surface area (Å²) in [6, 6.07) is 4.63. The summed E-state index contributed by atoms with van der Waals surface area (Å²) < 4.78 is 13.1. The molecule has 106 valence electrons. The van der Waals surface area contributed by atoms with E-state index in [4.69, 9.17) is 0 Å². The van der Waals surface area contributed by atoms with E-state index in [9.17, 15) is 9.18 Å². The van der Waals surface area contributed by atoms with Gasteiger partial charge in [-0.25, -0.2) is 4.39 Å². The molecule has 1 amide bonds. The van der Waals surface area contributed by atoms with Crippen molar-refractivity contribution in [2.75, 3.05) is 0 Å². The Balaban J connectivity index is 2.43. The van der Waals surface area contributed by atoms with Gasteiger partial charge in [0.2, 0.25) is 0 Å². The number of hydrogen-bond donors (Lipinski definition) is 1. The van der Waals surface area contributed by atoms with Crippen molar-refractivity contribution in [1.82, 2.24) is 5.32 Å². The summed E-state index contributed by atoms with van der Waals surface area (Å²) in [4.78, 5) is 12.0. The first-order valence-corrected chi connectivity index (χ1v) is 7.11. The zero-order chi connectivity index (χ0) is 14.3. The van der Waals surface area contributed by atoms with Crippen LogP contribution in [0.4, 0.5) is 4.39 Å². The van der Waals surface area contributed by atoms with Gasteiger partial charge in [0, 0.05) is 11.6 Å². The van der Waals surface area contributed by atoms with Crippen LogP contribution in [0.2, 0.25) is 0 Å². The Morgan fingerprint density at radius 1 is 1.32 bits per heavy atom. The van der Waals surface area contributed by atoms with Crippen LogP contribution in [0.1, 0.15) is 61.9 Å². The lowest BCUT2D eigenvalue weighted by molar-refractivity contribution is 0.0937. The highest BCUT2D eigenvalue weighted by Gasteiger charge is 2.10. The van der Waals surface area contributed by atoms with Crippen LogP contribution in [-0.4, -0.2) is 11.9 Å². The van der Waals surface area contributed by atoms with E-state index in [1.807, 2.05) is 6.92 Å². The van der Waals surface area contributed by atoms with Crippen molar-refractivity contribution in [1.29, 1.82) is 0 Å².